The van der Waals surface area contributed by atoms with Crippen LogP contribution in [0.3, 0.4) is 0 Å². The Hall–Kier alpha value is -2.07. The summed E-state index contributed by atoms with van der Waals surface area (Å²) in [7, 11) is 3.29. The molecule has 0 spiro atoms. The number of rotatable bonds is 19. The molecule has 0 fully saturated rings. The van der Waals surface area contributed by atoms with E-state index in [4.69, 9.17) is 25.7 Å². The standard InChI is InChI=1S/C29H51N3O6.ClH/c1-18(2)22(14-21-9-10-26(37-7)27(15-21)38-12-8-11-36-6)16-24(30)25(33)17-23(19(3)4)29(35)32-20(5)13-28(31)34;/h9-10,15,18-20,22-25,33H,8,11-14,16-17,30H2,1-7H3,(H2,31,34)(H,32,35);1H/t20-,22+,23+,24+,25+;/m1./s1. The van der Waals surface area contributed by atoms with Crippen LogP contribution in [0.1, 0.15) is 65.9 Å². The number of nitrogens with two attached hydrogens (primary N) is 2. The van der Waals surface area contributed by atoms with Gasteiger partial charge in [-0.2, -0.15) is 0 Å². The summed E-state index contributed by atoms with van der Waals surface area (Å²) in [5.41, 5.74) is 12.8. The number of aliphatic hydroxyl groups excluding tert-OH is 1. The highest BCUT2D eigenvalue weighted by atomic mass is 35.5. The minimum atomic E-state index is -0.837. The lowest BCUT2D eigenvalue weighted by molar-refractivity contribution is -0.128. The van der Waals surface area contributed by atoms with Crippen molar-refractivity contribution in [3.8, 4) is 11.5 Å². The zero-order valence-corrected chi connectivity index (χ0v) is 25.6. The number of carbonyl (C=O) groups is 2. The Morgan fingerprint density at radius 1 is 1.00 bits per heavy atom. The fraction of sp³-hybridized carbons (Fsp3) is 0.724. The molecular weight excluding hydrogens is 522 g/mol. The molecule has 0 saturated heterocycles. The van der Waals surface area contributed by atoms with Crippen LogP contribution in [0.4, 0.5) is 0 Å². The largest absolute Gasteiger partial charge is 0.493 e. The second kappa shape index (κ2) is 19.1. The number of hydrogen-bond acceptors (Lipinski definition) is 7. The number of hydrogen-bond donors (Lipinski definition) is 4. The fourth-order valence-corrected chi connectivity index (χ4v) is 4.57. The number of amides is 2. The smallest absolute Gasteiger partial charge is 0.223 e. The van der Waals surface area contributed by atoms with Gasteiger partial charge in [-0.15, -0.1) is 12.4 Å². The number of carbonyl (C=O) groups excluding carboxylic acids is 2. The minimum Gasteiger partial charge on any atom is -0.493 e. The number of aliphatic hydroxyl groups is 1. The molecule has 6 N–H and O–H groups in total. The molecule has 0 unspecified atom stereocenters. The van der Waals surface area contributed by atoms with Gasteiger partial charge in [0.2, 0.25) is 11.8 Å². The maximum Gasteiger partial charge on any atom is 0.223 e. The van der Waals surface area contributed by atoms with Gasteiger partial charge in [-0.25, -0.2) is 0 Å². The monoisotopic (exact) mass is 573 g/mol. The van der Waals surface area contributed by atoms with Crippen molar-refractivity contribution < 1.29 is 28.9 Å². The van der Waals surface area contributed by atoms with Crippen LogP contribution in [-0.4, -0.2) is 62.5 Å². The molecule has 0 aliphatic heterocycles. The van der Waals surface area contributed by atoms with Crippen molar-refractivity contribution in [2.24, 2.45) is 35.1 Å². The van der Waals surface area contributed by atoms with E-state index in [1.165, 1.54) is 0 Å². The Morgan fingerprint density at radius 2 is 1.67 bits per heavy atom. The Balaban J connectivity index is 0.0000144. The molecule has 10 heteroatoms. The molecule has 0 aromatic heterocycles. The Kier molecular flexibility index (Phi) is 18.1. The van der Waals surface area contributed by atoms with Crippen molar-refractivity contribution in [2.45, 2.75) is 84.9 Å². The van der Waals surface area contributed by atoms with Gasteiger partial charge in [-0.1, -0.05) is 33.8 Å². The van der Waals surface area contributed by atoms with Gasteiger partial charge in [0.1, 0.15) is 0 Å². The lowest BCUT2D eigenvalue weighted by Crippen LogP contribution is -2.45. The van der Waals surface area contributed by atoms with Crippen LogP contribution >= 0.6 is 12.4 Å². The first-order chi connectivity index (χ1) is 17.9. The predicted octanol–water partition coefficient (Wildman–Crippen LogP) is 3.47. The molecule has 0 heterocycles. The van der Waals surface area contributed by atoms with Gasteiger partial charge < -0.3 is 36.1 Å². The van der Waals surface area contributed by atoms with E-state index in [9.17, 15) is 14.7 Å². The van der Waals surface area contributed by atoms with Crippen LogP contribution in [0.5, 0.6) is 11.5 Å². The van der Waals surface area contributed by atoms with Crippen molar-refractivity contribution in [1.82, 2.24) is 5.32 Å². The number of halogens is 1. The molecular formula is C29H52ClN3O6. The maximum absolute atomic E-state index is 12.9. The SMILES string of the molecule is COCCCOc1cc(C[C@@H](C[C@H](N)[C@@H](O)C[C@H](C(=O)N[C@H](C)CC(N)=O)C(C)C)C(C)C)ccc1OC.Cl. The molecule has 226 valence electrons. The molecule has 0 aliphatic rings. The third kappa shape index (κ3) is 13.7. The van der Waals surface area contributed by atoms with Crippen molar-refractivity contribution in [2.75, 3.05) is 27.4 Å². The normalized spacial score (nSPS) is 15.2. The van der Waals surface area contributed by atoms with E-state index < -0.39 is 24.0 Å². The summed E-state index contributed by atoms with van der Waals surface area (Å²) in [4.78, 5) is 24.0. The Morgan fingerprint density at radius 3 is 2.21 bits per heavy atom. The molecule has 0 radical (unpaired) electrons. The van der Waals surface area contributed by atoms with Gasteiger partial charge in [0, 0.05) is 44.6 Å². The van der Waals surface area contributed by atoms with Crippen LogP contribution in [0, 0.1) is 23.7 Å². The highest BCUT2D eigenvalue weighted by Gasteiger charge is 2.30. The maximum atomic E-state index is 12.9. The molecule has 2 amide bonds. The summed E-state index contributed by atoms with van der Waals surface area (Å²) in [6.07, 6.45) is 1.65. The first kappa shape index (κ1) is 36.9. The molecule has 39 heavy (non-hydrogen) atoms. The van der Waals surface area contributed by atoms with Gasteiger partial charge in [0.05, 0.1) is 19.8 Å². The first-order valence-electron chi connectivity index (χ1n) is 13.7. The van der Waals surface area contributed by atoms with E-state index in [0.717, 1.165) is 18.4 Å². The average Bonchev–Trinajstić information content (AvgIpc) is 2.83. The first-order valence-corrected chi connectivity index (χ1v) is 13.7. The summed E-state index contributed by atoms with van der Waals surface area (Å²) in [5.74, 6) is 0.839. The van der Waals surface area contributed by atoms with Crippen molar-refractivity contribution in [1.29, 1.82) is 0 Å². The summed E-state index contributed by atoms with van der Waals surface area (Å²) in [6.45, 7) is 11.1. The minimum absolute atomic E-state index is 0. The van der Waals surface area contributed by atoms with E-state index >= 15 is 0 Å². The van der Waals surface area contributed by atoms with Crippen LogP contribution < -0.4 is 26.3 Å². The molecule has 1 aromatic rings. The van der Waals surface area contributed by atoms with Crippen molar-refractivity contribution >= 4 is 24.2 Å². The second-order valence-electron chi connectivity index (χ2n) is 11.0. The van der Waals surface area contributed by atoms with Crippen LogP contribution in [0.2, 0.25) is 0 Å². The van der Waals surface area contributed by atoms with E-state index in [1.807, 2.05) is 32.0 Å². The van der Waals surface area contributed by atoms with E-state index in [1.54, 1.807) is 21.1 Å². The fourth-order valence-electron chi connectivity index (χ4n) is 4.57. The molecule has 1 rings (SSSR count). The number of primary amides is 1. The lowest BCUT2D eigenvalue weighted by Gasteiger charge is -2.30. The van der Waals surface area contributed by atoms with Gasteiger partial charge in [0.25, 0.3) is 0 Å². The van der Waals surface area contributed by atoms with E-state index in [2.05, 4.69) is 19.2 Å². The number of methoxy groups -OCH3 is 2. The summed E-state index contributed by atoms with van der Waals surface area (Å²) in [5, 5.41) is 13.8. The van der Waals surface area contributed by atoms with Crippen LogP contribution in [-0.2, 0) is 20.7 Å². The summed E-state index contributed by atoms with van der Waals surface area (Å²) >= 11 is 0. The highest BCUT2D eigenvalue weighted by Crippen LogP contribution is 2.31. The third-order valence-corrected chi connectivity index (χ3v) is 7.02. The zero-order valence-electron chi connectivity index (χ0n) is 24.8. The van der Waals surface area contributed by atoms with Crippen molar-refractivity contribution in [3.05, 3.63) is 23.8 Å². The van der Waals surface area contributed by atoms with Crippen LogP contribution in [0.15, 0.2) is 18.2 Å². The quantitative estimate of drug-likeness (QED) is 0.185. The lowest BCUT2D eigenvalue weighted by atomic mass is 9.80. The van der Waals surface area contributed by atoms with E-state index in [-0.39, 0.29) is 49.0 Å². The number of benzene rings is 1. The zero-order chi connectivity index (χ0) is 28.8. The molecule has 0 saturated carbocycles. The topological polar surface area (TPSA) is 146 Å². The van der Waals surface area contributed by atoms with Gasteiger partial charge in [-0.05, 0) is 61.6 Å². The summed E-state index contributed by atoms with van der Waals surface area (Å²) < 4.78 is 16.5. The summed E-state index contributed by atoms with van der Waals surface area (Å²) in [6, 6.07) is 5.11. The molecule has 5 atom stereocenters. The third-order valence-electron chi connectivity index (χ3n) is 7.02. The number of nitrogens with one attached hydrogen (secondary N) is 1. The molecule has 1 aromatic carbocycles. The van der Waals surface area contributed by atoms with E-state index in [0.29, 0.717) is 37.1 Å². The van der Waals surface area contributed by atoms with Crippen molar-refractivity contribution in [3.63, 3.8) is 0 Å². The van der Waals surface area contributed by atoms with Gasteiger partial charge in [-0.3, -0.25) is 9.59 Å². The molecule has 9 nitrogen and oxygen atoms in total. The molecule has 0 bridgehead atoms. The van der Waals surface area contributed by atoms with Gasteiger partial charge >= 0.3 is 0 Å². The van der Waals surface area contributed by atoms with Crippen LogP contribution in [0.25, 0.3) is 0 Å². The van der Waals surface area contributed by atoms with Gasteiger partial charge in [0.15, 0.2) is 11.5 Å². The molecule has 0 aliphatic carbocycles. The second-order valence-corrected chi connectivity index (χ2v) is 11.0. The Labute approximate surface area is 241 Å². The predicted molar refractivity (Wildman–Crippen MR) is 157 cm³/mol. The average molecular weight is 574 g/mol. The Bertz CT molecular complexity index is 854. The number of ether oxygens (including phenoxy) is 3. The highest BCUT2D eigenvalue weighted by molar-refractivity contribution is 5.85.